The number of Topliss-reactive ketones (excluding diaryl/α,β-unsaturated/α-hetero) is 1. The average molecular weight is 362 g/mol. The van der Waals surface area contributed by atoms with Crippen molar-refractivity contribution in [3.63, 3.8) is 0 Å². The lowest BCUT2D eigenvalue weighted by molar-refractivity contribution is 0.0890. The Morgan fingerprint density at radius 1 is 1.33 bits per heavy atom. The lowest BCUT2D eigenvalue weighted by atomic mass is 9.98. The number of carbonyl (C=O) groups is 1. The Hall–Kier alpha value is -1.91. The van der Waals surface area contributed by atoms with E-state index in [1.54, 1.807) is 13.1 Å². The van der Waals surface area contributed by atoms with E-state index in [1.165, 1.54) is 0 Å². The monoisotopic (exact) mass is 361 g/mol. The standard InChI is InChI=1S/C18H17Cl2N3O/c1-21-17-15-13(20)6-3-9-23(15)18(22-17)16(24)14-11(10-7-8-10)4-2-5-12(14)19/h2-6,9-10,18,21-22H,7-8H2,1H3. The van der Waals surface area contributed by atoms with E-state index < -0.39 is 6.17 Å². The highest BCUT2D eigenvalue weighted by Crippen LogP contribution is 2.44. The third kappa shape index (κ3) is 2.41. The fourth-order valence-corrected chi connectivity index (χ4v) is 3.83. The van der Waals surface area contributed by atoms with Gasteiger partial charge in [0, 0.05) is 18.8 Å². The fourth-order valence-electron chi connectivity index (χ4n) is 3.29. The number of hydrogen-bond acceptors (Lipinski definition) is 4. The first-order valence-electron chi connectivity index (χ1n) is 7.95. The number of fused-ring (bicyclic) bond motifs is 1. The molecule has 3 aliphatic rings. The van der Waals surface area contributed by atoms with E-state index >= 15 is 0 Å². The molecule has 1 aliphatic carbocycles. The van der Waals surface area contributed by atoms with Crippen molar-refractivity contribution in [3.8, 4) is 0 Å². The fraction of sp³-hybridized carbons (Fsp3) is 0.278. The number of nitrogens with zero attached hydrogens (tertiary/aromatic N) is 1. The first-order valence-corrected chi connectivity index (χ1v) is 8.71. The number of nitrogens with one attached hydrogen (secondary N) is 2. The van der Waals surface area contributed by atoms with E-state index in [0.29, 0.717) is 21.5 Å². The molecule has 4 rings (SSSR count). The molecule has 24 heavy (non-hydrogen) atoms. The van der Waals surface area contributed by atoms with E-state index in [2.05, 4.69) is 10.6 Å². The zero-order valence-corrected chi connectivity index (χ0v) is 14.7. The van der Waals surface area contributed by atoms with Gasteiger partial charge in [0.05, 0.1) is 10.1 Å². The van der Waals surface area contributed by atoms with Gasteiger partial charge in [-0.25, -0.2) is 0 Å². The molecule has 2 aliphatic heterocycles. The maximum Gasteiger partial charge on any atom is 0.207 e. The molecule has 0 bridgehead atoms. The minimum absolute atomic E-state index is 0.0405. The summed E-state index contributed by atoms with van der Waals surface area (Å²) in [6, 6.07) is 5.71. The van der Waals surface area contributed by atoms with Crippen LogP contribution in [0, 0.1) is 0 Å². The number of benzene rings is 1. The Bertz CT molecular complexity index is 808. The molecule has 2 heterocycles. The quantitative estimate of drug-likeness (QED) is 0.803. The Morgan fingerprint density at radius 3 is 2.83 bits per heavy atom. The Balaban J connectivity index is 1.73. The lowest BCUT2D eigenvalue weighted by Crippen LogP contribution is -2.43. The van der Waals surface area contributed by atoms with Crippen molar-refractivity contribution in [2.24, 2.45) is 0 Å². The molecule has 0 amide bonds. The molecule has 0 aromatic heterocycles. The molecule has 0 saturated heterocycles. The summed E-state index contributed by atoms with van der Waals surface area (Å²) in [5.41, 5.74) is 2.45. The molecule has 1 atom stereocenters. The van der Waals surface area contributed by atoms with Gasteiger partial charge in [-0.15, -0.1) is 0 Å². The van der Waals surface area contributed by atoms with Crippen molar-refractivity contribution in [1.29, 1.82) is 0 Å². The number of allylic oxidation sites excluding steroid dienone is 3. The maximum absolute atomic E-state index is 13.3. The number of hydrogen-bond donors (Lipinski definition) is 2. The summed E-state index contributed by atoms with van der Waals surface area (Å²) in [6.07, 6.45) is 7.17. The van der Waals surface area contributed by atoms with Crippen LogP contribution >= 0.6 is 23.2 Å². The van der Waals surface area contributed by atoms with Crippen molar-refractivity contribution in [3.05, 3.63) is 69.3 Å². The summed E-state index contributed by atoms with van der Waals surface area (Å²) in [5, 5.41) is 7.41. The van der Waals surface area contributed by atoms with Gasteiger partial charge < -0.3 is 15.5 Å². The van der Waals surface area contributed by atoms with Crippen molar-refractivity contribution < 1.29 is 4.79 Å². The minimum atomic E-state index is -0.557. The summed E-state index contributed by atoms with van der Waals surface area (Å²) in [6.45, 7) is 0. The van der Waals surface area contributed by atoms with Crippen LogP contribution in [0.2, 0.25) is 5.02 Å². The molecule has 4 nitrogen and oxygen atoms in total. The van der Waals surface area contributed by atoms with Gasteiger partial charge in [0.15, 0.2) is 6.17 Å². The minimum Gasteiger partial charge on any atom is -0.373 e. The molecule has 1 aromatic carbocycles. The first-order chi connectivity index (χ1) is 11.6. The van der Waals surface area contributed by atoms with E-state index in [-0.39, 0.29) is 5.78 Å². The number of halogens is 2. The molecule has 1 aromatic rings. The van der Waals surface area contributed by atoms with Gasteiger partial charge in [0.25, 0.3) is 0 Å². The molecule has 0 radical (unpaired) electrons. The summed E-state index contributed by atoms with van der Waals surface area (Å²) in [7, 11) is 1.80. The van der Waals surface area contributed by atoms with E-state index in [0.717, 1.165) is 29.9 Å². The topological polar surface area (TPSA) is 44.4 Å². The Morgan fingerprint density at radius 2 is 2.12 bits per heavy atom. The highest BCUT2D eigenvalue weighted by Gasteiger charge is 2.40. The van der Waals surface area contributed by atoms with Gasteiger partial charge in [-0.2, -0.15) is 0 Å². The van der Waals surface area contributed by atoms with Crippen LogP contribution in [0.3, 0.4) is 0 Å². The van der Waals surface area contributed by atoms with Gasteiger partial charge >= 0.3 is 0 Å². The van der Waals surface area contributed by atoms with E-state index in [1.807, 2.05) is 35.4 Å². The second-order valence-electron chi connectivity index (χ2n) is 6.13. The predicted molar refractivity (Wildman–Crippen MR) is 95.7 cm³/mol. The van der Waals surface area contributed by atoms with Crippen molar-refractivity contribution in [2.45, 2.75) is 24.9 Å². The van der Waals surface area contributed by atoms with Crippen LogP contribution in [0.1, 0.15) is 34.7 Å². The van der Waals surface area contributed by atoms with Crippen molar-refractivity contribution >= 4 is 29.0 Å². The molecule has 124 valence electrons. The summed E-state index contributed by atoms with van der Waals surface area (Å²) >= 11 is 12.7. The molecule has 6 heteroatoms. The average Bonchev–Trinajstić information content (AvgIpc) is 3.35. The van der Waals surface area contributed by atoms with Gasteiger partial charge in [-0.05, 0) is 42.5 Å². The smallest absolute Gasteiger partial charge is 0.207 e. The number of ketones is 1. The third-order valence-electron chi connectivity index (χ3n) is 4.58. The second-order valence-corrected chi connectivity index (χ2v) is 6.94. The second kappa shape index (κ2) is 5.87. The van der Waals surface area contributed by atoms with E-state index in [9.17, 15) is 4.79 Å². The van der Waals surface area contributed by atoms with Gasteiger partial charge in [-0.1, -0.05) is 35.3 Å². The van der Waals surface area contributed by atoms with Crippen LogP contribution in [0.15, 0.2) is 53.1 Å². The predicted octanol–water partition coefficient (Wildman–Crippen LogP) is 3.67. The molecular weight excluding hydrogens is 345 g/mol. The Labute approximate surface area is 150 Å². The highest BCUT2D eigenvalue weighted by atomic mass is 35.5. The number of carbonyl (C=O) groups excluding carboxylic acids is 1. The zero-order valence-electron chi connectivity index (χ0n) is 13.1. The molecule has 1 unspecified atom stereocenters. The highest BCUT2D eigenvalue weighted by molar-refractivity contribution is 6.34. The largest absolute Gasteiger partial charge is 0.373 e. The van der Waals surface area contributed by atoms with Crippen LogP contribution < -0.4 is 10.6 Å². The number of rotatable bonds is 4. The van der Waals surface area contributed by atoms with Crippen molar-refractivity contribution in [1.82, 2.24) is 15.5 Å². The van der Waals surface area contributed by atoms with Crippen LogP contribution in [0.4, 0.5) is 0 Å². The third-order valence-corrected chi connectivity index (χ3v) is 5.20. The van der Waals surface area contributed by atoms with Crippen LogP contribution in [-0.4, -0.2) is 23.9 Å². The Kier molecular flexibility index (Phi) is 3.82. The van der Waals surface area contributed by atoms with E-state index in [4.69, 9.17) is 23.2 Å². The SMILES string of the molecule is CNC1=C2C(Cl)=CC=CN2C(C(=O)c2c(Cl)cccc2C2CC2)N1. The van der Waals surface area contributed by atoms with Gasteiger partial charge in [0.2, 0.25) is 5.78 Å². The van der Waals surface area contributed by atoms with Gasteiger partial charge in [-0.3, -0.25) is 4.79 Å². The molecule has 1 saturated carbocycles. The summed E-state index contributed by atoms with van der Waals surface area (Å²) < 4.78 is 0. The first kappa shape index (κ1) is 15.6. The maximum atomic E-state index is 13.3. The molecule has 0 spiro atoms. The van der Waals surface area contributed by atoms with Crippen molar-refractivity contribution in [2.75, 3.05) is 7.05 Å². The molecule has 1 fully saturated rings. The van der Waals surface area contributed by atoms with Crippen LogP contribution in [-0.2, 0) is 0 Å². The normalized spacial score (nSPS) is 22.2. The molecule has 2 N–H and O–H groups in total. The van der Waals surface area contributed by atoms with Crippen LogP contribution in [0.5, 0.6) is 0 Å². The van der Waals surface area contributed by atoms with Crippen LogP contribution in [0.25, 0.3) is 0 Å². The zero-order chi connectivity index (χ0) is 16.8. The lowest BCUT2D eigenvalue weighted by Gasteiger charge is -2.26. The summed E-state index contributed by atoms with van der Waals surface area (Å²) in [4.78, 5) is 15.2. The summed E-state index contributed by atoms with van der Waals surface area (Å²) in [5.74, 6) is 1.14. The van der Waals surface area contributed by atoms with Gasteiger partial charge in [0.1, 0.15) is 11.5 Å². The molecular formula is C18H17Cl2N3O.